The lowest BCUT2D eigenvalue weighted by molar-refractivity contribution is -0.0864. The Balaban J connectivity index is 1.51. The minimum absolute atomic E-state index is 0.0304. The number of hydrogen-bond donors (Lipinski definition) is 1. The number of benzene rings is 1. The standard InChI is InChI=1S/C22H26N4O3/c1-25(15-17-7-3-2-4-8-17)22(27)21-19(26-10-6-5-9-20(26)24-21)14-23-13-18-16-28-11-12-29-18/h2-10,18,23H,11-16H2,1H3. The van der Waals surface area contributed by atoms with Gasteiger partial charge in [-0.05, 0) is 17.7 Å². The van der Waals surface area contributed by atoms with Crippen LogP contribution in [0.5, 0.6) is 0 Å². The third-order valence-electron chi connectivity index (χ3n) is 4.99. The van der Waals surface area contributed by atoms with E-state index in [1.807, 2.05) is 66.2 Å². The van der Waals surface area contributed by atoms with Gasteiger partial charge in [-0.1, -0.05) is 36.4 Å². The Morgan fingerprint density at radius 2 is 2.03 bits per heavy atom. The lowest BCUT2D eigenvalue weighted by Gasteiger charge is -2.23. The summed E-state index contributed by atoms with van der Waals surface area (Å²) in [6.45, 7) is 3.57. The smallest absolute Gasteiger partial charge is 0.274 e. The van der Waals surface area contributed by atoms with E-state index in [0.29, 0.717) is 45.1 Å². The third-order valence-corrected chi connectivity index (χ3v) is 4.99. The SMILES string of the molecule is CN(Cc1ccccc1)C(=O)c1nc2ccccn2c1CNCC1COCCO1. The second-order valence-corrected chi connectivity index (χ2v) is 7.18. The second kappa shape index (κ2) is 9.17. The number of nitrogens with one attached hydrogen (secondary N) is 1. The van der Waals surface area contributed by atoms with Gasteiger partial charge in [0.15, 0.2) is 5.69 Å². The summed E-state index contributed by atoms with van der Waals surface area (Å²) in [5.74, 6) is -0.0911. The molecule has 3 aromatic rings. The van der Waals surface area contributed by atoms with Crippen LogP contribution in [0, 0.1) is 0 Å². The Bertz CT molecular complexity index is 951. The van der Waals surface area contributed by atoms with E-state index in [4.69, 9.17) is 9.47 Å². The van der Waals surface area contributed by atoms with Gasteiger partial charge in [0.05, 0.1) is 31.6 Å². The molecule has 1 aromatic carbocycles. The van der Waals surface area contributed by atoms with Crippen molar-refractivity contribution in [1.29, 1.82) is 0 Å². The van der Waals surface area contributed by atoms with E-state index in [-0.39, 0.29) is 12.0 Å². The van der Waals surface area contributed by atoms with Crippen molar-refractivity contribution in [2.45, 2.75) is 19.2 Å². The second-order valence-electron chi connectivity index (χ2n) is 7.18. The molecule has 2 aromatic heterocycles. The Labute approximate surface area is 170 Å². The monoisotopic (exact) mass is 394 g/mol. The summed E-state index contributed by atoms with van der Waals surface area (Å²) in [5.41, 5.74) is 3.17. The van der Waals surface area contributed by atoms with Crippen LogP contribution in [0.25, 0.3) is 5.65 Å². The van der Waals surface area contributed by atoms with Crippen molar-refractivity contribution < 1.29 is 14.3 Å². The summed E-state index contributed by atoms with van der Waals surface area (Å²) < 4.78 is 13.1. The molecule has 1 fully saturated rings. The minimum Gasteiger partial charge on any atom is -0.376 e. The molecule has 7 nitrogen and oxygen atoms in total. The number of imidazole rings is 1. The van der Waals surface area contributed by atoms with Gasteiger partial charge in [0.25, 0.3) is 5.91 Å². The van der Waals surface area contributed by atoms with Crippen LogP contribution in [-0.2, 0) is 22.6 Å². The van der Waals surface area contributed by atoms with Gasteiger partial charge in [0.2, 0.25) is 0 Å². The summed E-state index contributed by atoms with van der Waals surface area (Å²) >= 11 is 0. The number of aromatic nitrogens is 2. The zero-order chi connectivity index (χ0) is 20.1. The molecule has 1 unspecified atom stereocenters. The van der Waals surface area contributed by atoms with Gasteiger partial charge in [0.1, 0.15) is 5.65 Å². The number of hydrogen-bond acceptors (Lipinski definition) is 5. The number of carbonyl (C=O) groups is 1. The van der Waals surface area contributed by atoms with Crippen LogP contribution < -0.4 is 5.32 Å². The fourth-order valence-corrected chi connectivity index (χ4v) is 3.50. The van der Waals surface area contributed by atoms with Crippen LogP contribution in [0.15, 0.2) is 54.7 Å². The zero-order valence-corrected chi connectivity index (χ0v) is 16.6. The number of pyridine rings is 1. The van der Waals surface area contributed by atoms with Crippen LogP contribution in [0.3, 0.4) is 0 Å². The quantitative estimate of drug-likeness (QED) is 0.665. The maximum absolute atomic E-state index is 13.2. The molecule has 3 heterocycles. The van der Waals surface area contributed by atoms with E-state index in [1.54, 1.807) is 4.90 Å². The largest absolute Gasteiger partial charge is 0.376 e. The van der Waals surface area contributed by atoms with Gasteiger partial charge in [-0.15, -0.1) is 0 Å². The lowest BCUT2D eigenvalue weighted by atomic mass is 10.2. The highest BCUT2D eigenvalue weighted by Gasteiger charge is 2.22. The summed E-state index contributed by atoms with van der Waals surface area (Å²) in [7, 11) is 1.81. The summed E-state index contributed by atoms with van der Waals surface area (Å²) in [4.78, 5) is 19.5. The van der Waals surface area contributed by atoms with Gasteiger partial charge in [-0.3, -0.25) is 4.79 Å². The molecule has 1 amide bonds. The zero-order valence-electron chi connectivity index (χ0n) is 16.6. The van der Waals surface area contributed by atoms with Gasteiger partial charge in [-0.2, -0.15) is 0 Å². The van der Waals surface area contributed by atoms with E-state index in [0.717, 1.165) is 16.9 Å². The van der Waals surface area contributed by atoms with Crippen molar-refractivity contribution in [3.63, 3.8) is 0 Å². The van der Waals surface area contributed by atoms with Gasteiger partial charge in [0, 0.05) is 32.9 Å². The van der Waals surface area contributed by atoms with Crippen LogP contribution in [0.4, 0.5) is 0 Å². The molecule has 1 N–H and O–H groups in total. The van der Waals surface area contributed by atoms with Crippen molar-refractivity contribution in [3.8, 4) is 0 Å². The number of ether oxygens (including phenoxy) is 2. The van der Waals surface area contributed by atoms with Crippen molar-refractivity contribution in [1.82, 2.24) is 19.6 Å². The summed E-state index contributed by atoms with van der Waals surface area (Å²) in [6, 6.07) is 15.7. The predicted molar refractivity (Wildman–Crippen MR) is 110 cm³/mol. The lowest BCUT2D eigenvalue weighted by Crippen LogP contribution is -2.37. The molecule has 0 bridgehead atoms. The summed E-state index contributed by atoms with van der Waals surface area (Å²) in [6.07, 6.45) is 1.97. The Morgan fingerprint density at radius 1 is 1.21 bits per heavy atom. The van der Waals surface area contributed by atoms with E-state index in [2.05, 4.69) is 10.3 Å². The maximum Gasteiger partial charge on any atom is 0.274 e. The normalized spacial score (nSPS) is 16.8. The molecule has 7 heteroatoms. The fourth-order valence-electron chi connectivity index (χ4n) is 3.50. The molecule has 0 saturated carbocycles. The summed E-state index contributed by atoms with van der Waals surface area (Å²) in [5, 5.41) is 3.40. The average Bonchev–Trinajstić information content (AvgIpc) is 3.13. The molecule has 29 heavy (non-hydrogen) atoms. The topological polar surface area (TPSA) is 68.1 Å². The van der Waals surface area contributed by atoms with Crippen molar-refractivity contribution in [3.05, 3.63) is 71.7 Å². The third kappa shape index (κ3) is 4.64. The van der Waals surface area contributed by atoms with Gasteiger partial charge >= 0.3 is 0 Å². The van der Waals surface area contributed by atoms with E-state index < -0.39 is 0 Å². The van der Waals surface area contributed by atoms with E-state index in [1.165, 1.54) is 0 Å². The Morgan fingerprint density at radius 3 is 2.83 bits per heavy atom. The molecule has 0 radical (unpaired) electrons. The Kier molecular flexibility index (Phi) is 6.19. The molecule has 4 rings (SSSR count). The van der Waals surface area contributed by atoms with Crippen molar-refractivity contribution in [2.24, 2.45) is 0 Å². The number of rotatable bonds is 7. The van der Waals surface area contributed by atoms with E-state index >= 15 is 0 Å². The highest BCUT2D eigenvalue weighted by molar-refractivity contribution is 5.94. The highest BCUT2D eigenvalue weighted by atomic mass is 16.6. The van der Waals surface area contributed by atoms with Gasteiger partial charge < -0.3 is 24.1 Å². The van der Waals surface area contributed by atoms with Crippen molar-refractivity contribution >= 4 is 11.6 Å². The molecule has 1 aliphatic heterocycles. The van der Waals surface area contributed by atoms with Crippen LogP contribution in [-0.4, -0.2) is 59.7 Å². The number of fused-ring (bicyclic) bond motifs is 1. The molecule has 1 saturated heterocycles. The van der Waals surface area contributed by atoms with Crippen LogP contribution in [0.2, 0.25) is 0 Å². The maximum atomic E-state index is 13.2. The first-order chi connectivity index (χ1) is 14.2. The van der Waals surface area contributed by atoms with Gasteiger partial charge in [-0.25, -0.2) is 4.98 Å². The average molecular weight is 394 g/mol. The molecule has 1 aliphatic rings. The van der Waals surface area contributed by atoms with Crippen LogP contribution in [0.1, 0.15) is 21.7 Å². The molecule has 152 valence electrons. The number of amides is 1. The molecule has 0 aliphatic carbocycles. The van der Waals surface area contributed by atoms with Crippen molar-refractivity contribution in [2.75, 3.05) is 33.4 Å². The first-order valence-electron chi connectivity index (χ1n) is 9.88. The Hall–Kier alpha value is -2.74. The molecule has 1 atom stereocenters. The number of nitrogens with zero attached hydrogens (tertiary/aromatic N) is 3. The van der Waals surface area contributed by atoms with Crippen LogP contribution >= 0.6 is 0 Å². The first kappa shape index (κ1) is 19.6. The minimum atomic E-state index is -0.0911. The highest BCUT2D eigenvalue weighted by Crippen LogP contribution is 2.16. The first-order valence-corrected chi connectivity index (χ1v) is 9.88. The fraction of sp³-hybridized carbons (Fsp3) is 0.364. The number of carbonyl (C=O) groups excluding carboxylic acids is 1. The molecular formula is C22H26N4O3. The molecule has 0 spiro atoms. The molecular weight excluding hydrogens is 368 g/mol. The van der Waals surface area contributed by atoms with E-state index in [9.17, 15) is 4.79 Å². The predicted octanol–water partition coefficient (Wildman–Crippen LogP) is 2.11.